The van der Waals surface area contributed by atoms with Crippen LogP contribution in [0.3, 0.4) is 0 Å². The van der Waals surface area contributed by atoms with Crippen molar-refractivity contribution >= 4 is 11.6 Å². The van der Waals surface area contributed by atoms with Gasteiger partial charge in [-0.15, -0.1) is 10.2 Å². The van der Waals surface area contributed by atoms with Gasteiger partial charge in [0, 0.05) is 11.1 Å². The minimum absolute atomic E-state index is 0.0347. The van der Waals surface area contributed by atoms with Crippen molar-refractivity contribution in [2.24, 2.45) is 10.2 Å². The van der Waals surface area contributed by atoms with Gasteiger partial charge in [0.2, 0.25) is 5.95 Å². The zero-order chi connectivity index (χ0) is 23.6. The third kappa shape index (κ3) is 5.11. The molecule has 0 aliphatic heterocycles. The van der Waals surface area contributed by atoms with Gasteiger partial charge in [-0.25, -0.2) is 4.98 Å². The summed E-state index contributed by atoms with van der Waals surface area (Å²) in [4.78, 5) is 7.29. The van der Waals surface area contributed by atoms with Crippen LogP contribution < -0.4 is 0 Å². The predicted octanol–water partition coefficient (Wildman–Crippen LogP) is 8.20. The number of hydrogen-bond donors (Lipinski definition) is 1. The van der Waals surface area contributed by atoms with Gasteiger partial charge in [-0.2, -0.15) is 26.3 Å². The molecular formula is C23H14F6N4. The first-order chi connectivity index (χ1) is 15.6. The number of aromatic nitrogens is 2. The number of nitrogens with zero attached hydrogens (tertiary/aromatic N) is 3. The molecule has 0 radical (unpaired) electrons. The zero-order valence-electron chi connectivity index (χ0n) is 16.6. The number of nitrogens with one attached hydrogen (secondary N) is 1. The molecule has 0 unspecified atom stereocenters. The Labute approximate surface area is 183 Å². The van der Waals surface area contributed by atoms with E-state index in [2.05, 4.69) is 20.2 Å². The molecule has 0 saturated heterocycles. The van der Waals surface area contributed by atoms with E-state index >= 15 is 0 Å². The quantitative estimate of drug-likeness (QED) is 0.242. The van der Waals surface area contributed by atoms with E-state index in [1.54, 1.807) is 12.1 Å². The lowest BCUT2D eigenvalue weighted by Crippen LogP contribution is -2.10. The molecule has 0 saturated carbocycles. The molecule has 4 nitrogen and oxygen atoms in total. The summed E-state index contributed by atoms with van der Waals surface area (Å²) in [5.74, 6) is -0.0707. The van der Waals surface area contributed by atoms with Crippen LogP contribution in [-0.2, 0) is 12.4 Å². The fourth-order valence-electron chi connectivity index (χ4n) is 3.13. The average Bonchev–Trinajstić information content (AvgIpc) is 3.22. The van der Waals surface area contributed by atoms with E-state index in [0.29, 0.717) is 23.5 Å². The molecule has 0 aliphatic carbocycles. The highest BCUT2D eigenvalue weighted by atomic mass is 19.4. The van der Waals surface area contributed by atoms with Crippen molar-refractivity contribution < 1.29 is 26.3 Å². The first kappa shape index (κ1) is 22.3. The number of H-pyrrole nitrogens is 1. The standard InChI is InChI=1S/C23H14F6N4/c24-22(25,26)16-11-17(23(27,28)29)13-18(12-16)32-33-21-30-19(14-7-3-1-4-8-14)20(31-21)15-9-5-2-6-10-15/h1-13H,(H,30,31). The molecule has 168 valence electrons. The minimum atomic E-state index is -4.98. The van der Waals surface area contributed by atoms with E-state index in [0.717, 1.165) is 11.1 Å². The monoisotopic (exact) mass is 460 g/mol. The number of halogens is 6. The zero-order valence-corrected chi connectivity index (χ0v) is 16.6. The molecule has 0 bridgehead atoms. The van der Waals surface area contributed by atoms with Crippen LogP contribution in [0.4, 0.5) is 38.0 Å². The number of imidazole rings is 1. The van der Waals surface area contributed by atoms with E-state index in [4.69, 9.17) is 0 Å². The Morgan fingerprint density at radius 3 is 1.67 bits per heavy atom. The molecule has 1 heterocycles. The van der Waals surface area contributed by atoms with Crippen LogP contribution in [0.5, 0.6) is 0 Å². The molecule has 1 aromatic heterocycles. The Hall–Kier alpha value is -3.95. The van der Waals surface area contributed by atoms with E-state index in [1.807, 2.05) is 48.5 Å². The topological polar surface area (TPSA) is 53.4 Å². The summed E-state index contributed by atoms with van der Waals surface area (Å²) >= 11 is 0. The van der Waals surface area contributed by atoms with Gasteiger partial charge >= 0.3 is 12.4 Å². The summed E-state index contributed by atoms with van der Waals surface area (Å²) < 4.78 is 78.4. The molecule has 3 aromatic carbocycles. The lowest BCUT2D eigenvalue weighted by atomic mass is 10.1. The van der Waals surface area contributed by atoms with Crippen LogP contribution in [-0.4, -0.2) is 9.97 Å². The Kier molecular flexibility index (Phi) is 5.75. The van der Waals surface area contributed by atoms with Gasteiger partial charge in [-0.05, 0) is 18.2 Å². The Morgan fingerprint density at radius 1 is 0.636 bits per heavy atom. The van der Waals surface area contributed by atoms with Crippen LogP contribution in [0.2, 0.25) is 0 Å². The third-order valence-corrected chi connectivity index (χ3v) is 4.63. The van der Waals surface area contributed by atoms with Gasteiger partial charge in [0.1, 0.15) is 0 Å². The van der Waals surface area contributed by atoms with Crippen molar-refractivity contribution in [3.8, 4) is 22.5 Å². The molecule has 0 spiro atoms. The van der Waals surface area contributed by atoms with Crippen LogP contribution in [0.1, 0.15) is 11.1 Å². The van der Waals surface area contributed by atoms with Crippen LogP contribution in [0.15, 0.2) is 89.1 Å². The van der Waals surface area contributed by atoms with Gasteiger partial charge in [0.05, 0.1) is 28.2 Å². The molecule has 0 fully saturated rings. The molecule has 4 aromatic rings. The van der Waals surface area contributed by atoms with Crippen LogP contribution in [0.25, 0.3) is 22.5 Å². The second-order valence-electron chi connectivity index (χ2n) is 6.98. The molecule has 4 rings (SSSR count). The second-order valence-corrected chi connectivity index (χ2v) is 6.98. The van der Waals surface area contributed by atoms with Crippen LogP contribution in [0, 0.1) is 0 Å². The molecule has 0 atom stereocenters. The highest BCUT2D eigenvalue weighted by molar-refractivity contribution is 5.79. The lowest BCUT2D eigenvalue weighted by molar-refractivity contribution is -0.143. The lowest BCUT2D eigenvalue weighted by Gasteiger charge is -2.12. The van der Waals surface area contributed by atoms with E-state index < -0.39 is 29.2 Å². The normalized spacial score (nSPS) is 12.4. The fraction of sp³-hybridized carbons (Fsp3) is 0.0870. The number of benzene rings is 3. The van der Waals surface area contributed by atoms with Gasteiger partial charge < -0.3 is 4.98 Å². The van der Waals surface area contributed by atoms with Crippen molar-refractivity contribution in [1.82, 2.24) is 9.97 Å². The number of azo groups is 1. The summed E-state index contributed by atoms with van der Waals surface area (Å²) in [5.41, 5.74) is -0.944. The van der Waals surface area contributed by atoms with Crippen molar-refractivity contribution in [2.75, 3.05) is 0 Å². The smallest absolute Gasteiger partial charge is 0.320 e. The highest BCUT2D eigenvalue weighted by Crippen LogP contribution is 2.39. The molecule has 10 heteroatoms. The summed E-state index contributed by atoms with van der Waals surface area (Å²) in [6, 6.07) is 19.2. The van der Waals surface area contributed by atoms with Crippen LogP contribution >= 0.6 is 0 Å². The maximum Gasteiger partial charge on any atom is 0.416 e. The third-order valence-electron chi connectivity index (χ3n) is 4.63. The van der Waals surface area contributed by atoms with E-state index in [9.17, 15) is 26.3 Å². The maximum absolute atomic E-state index is 13.1. The summed E-state index contributed by atoms with van der Waals surface area (Å²) in [7, 11) is 0. The number of aromatic amines is 1. The highest BCUT2D eigenvalue weighted by Gasteiger charge is 2.37. The summed E-state index contributed by atoms with van der Waals surface area (Å²) in [6.45, 7) is 0. The minimum Gasteiger partial charge on any atom is -0.320 e. The SMILES string of the molecule is FC(F)(F)c1cc(N=Nc2nc(-c3ccccc3)c(-c3ccccc3)[nH]2)cc(C(F)(F)F)c1. The Balaban J connectivity index is 1.77. The second kappa shape index (κ2) is 8.53. The number of rotatable bonds is 4. The van der Waals surface area contributed by atoms with Gasteiger partial charge in [-0.1, -0.05) is 60.7 Å². The van der Waals surface area contributed by atoms with E-state index in [1.165, 1.54) is 0 Å². The van der Waals surface area contributed by atoms with Crippen molar-refractivity contribution in [3.63, 3.8) is 0 Å². The molecule has 0 aliphatic rings. The van der Waals surface area contributed by atoms with Gasteiger partial charge in [0.15, 0.2) is 0 Å². The van der Waals surface area contributed by atoms with Gasteiger partial charge in [0.25, 0.3) is 0 Å². The Bertz CT molecular complexity index is 1190. The Morgan fingerprint density at radius 2 is 1.15 bits per heavy atom. The number of alkyl halides is 6. The summed E-state index contributed by atoms with van der Waals surface area (Å²) in [6.07, 6.45) is -9.95. The molecule has 33 heavy (non-hydrogen) atoms. The molecule has 1 N–H and O–H groups in total. The van der Waals surface area contributed by atoms with Crippen molar-refractivity contribution in [1.29, 1.82) is 0 Å². The average molecular weight is 460 g/mol. The first-order valence-corrected chi connectivity index (χ1v) is 9.53. The first-order valence-electron chi connectivity index (χ1n) is 9.53. The fourth-order valence-corrected chi connectivity index (χ4v) is 3.13. The molecule has 0 amide bonds. The molecular weight excluding hydrogens is 446 g/mol. The van der Waals surface area contributed by atoms with Gasteiger partial charge in [-0.3, -0.25) is 0 Å². The van der Waals surface area contributed by atoms with E-state index in [-0.39, 0.29) is 12.0 Å². The summed E-state index contributed by atoms with van der Waals surface area (Å²) in [5, 5.41) is 7.38. The largest absolute Gasteiger partial charge is 0.416 e. The predicted molar refractivity (Wildman–Crippen MR) is 110 cm³/mol. The van der Waals surface area contributed by atoms with Crippen molar-refractivity contribution in [3.05, 3.63) is 90.0 Å². The maximum atomic E-state index is 13.1. The number of hydrogen-bond acceptors (Lipinski definition) is 3. The van der Waals surface area contributed by atoms with Crippen molar-refractivity contribution in [2.45, 2.75) is 12.4 Å².